The zero-order valence-electron chi connectivity index (χ0n) is 11.9. The van der Waals surface area contributed by atoms with Crippen molar-refractivity contribution in [2.75, 3.05) is 5.75 Å². The highest BCUT2D eigenvalue weighted by atomic mass is 32.2. The maximum atomic E-state index is 12.4. The molecule has 0 atom stereocenters. The summed E-state index contributed by atoms with van der Waals surface area (Å²) in [5.74, 6) is 1.72. The summed E-state index contributed by atoms with van der Waals surface area (Å²) in [5, 5.41) is 0. The second-order valence-electron chi connectivity index (χ2n) is 5.26. The molecular weight excluding hydrogens is 292 g/mol. The van der Waals surface area contributed by atoms with Crippen molar-refractivity contribution in [2.24, 2.45) is 0 Å². The van der Waals surface area contributed by atoms with E-state index in [-0.39, 0.29) is 5.63 Å². The van der Waals surface area contributed by atoms with Crippen LogP contribution in [0.1, 0.15) is 5.56 Å². The lowest BCUT2D eigenvalue weighted by molar-refractivity contribution is 0.522. The lowest BCUT2D eigenvalue weighted by Gasteiger charge is -2.08. The van der Waals surface area contributed by atoms with Crippen molar-refractivity contribution in [3.8, 4) is 22.5 Å². The van der Waals surface area contributed by atoms with Gasteiger partial charge in [0.25, 0.3) is 0 Å². The summed E-state index contributed by atoms with van der Waals surface area (Å²) in [6, 6.07) is 19.8. The molecule has 1 aliphatic heterocycles. The van der Waals surface area contributed by atoms with Gasteiger partial charge in [-0.15, -0.1) is 11.8 Å². The van der Waals surface area contributed by atoms with Gasteiger partial charge < -0.3 is 4.42 Å². The molecule has 108 valence electrons. The van der Waals surface area contributed by atoms with E-state index in [9.17, 15) is 4.79 Å². The molecule has 0 fully saturated rings. The molecule has 2 heterocycles. The van der Waals surface area contributed by atoms with Crippen LogP contribution < -0.4 is 5.63 Å². The smallest absolute Gasteiger partial charge is 0.344 e. The molecular formula is C19H14O2S. The van der Waals surface area contributed by atoms with Gasteiger partial charge >= 0.3 is 5.63 Å². The Hall–Kier alpha value is -2.26. The van der Waals surface area contributed by atoms with Crippen molar-refractivity contribution < 1.29 is 4.42 Å². The van der Waals surface area contributed by atoms with Crippen molar-refractivity contribution in [2.45, 2.75) is 11.3 Å². The molecule has 0 spiro atoms. The summed E-state index contributed by atoms with van der Waals surface area (Å²) in [5.41, 5.74) is 3.41. The fourth-order valence-electron chi connectivity index (χ4n) is 2.80. The summed E-state index contributed by atoms with van der Waals surface area (Å²) in [6.45, 7) is 0. The van der Waals surface area contributed by atoms with Crippen molar-refractivity contribution in [3.05, 3.63) is 76.6 Å². The third kappa shape index (κ3) is 2.28. The van der Waals surface area contributed by atoms with E-state index in [1.165, 1.54) is 4.90 Å². The molecule has 3 aromatic rings. The molecule has 0 aliphatic carbocycles. The Morgan fingerprint density at radius 3 is 2.55 bits per heavy atom. The molecule has 2 nitrogen and oxygen atoms in total. The van der Waals surface area contributed by atoms with Crippen LogP contribution in [0, 0.1) is 0 Å². The van der Waals surface area contributed by atoms with Gasteiger partial charge in [-0.05, 0) is 29.7 Å². The Balaban J connectivity index is 1.94. The molecule has 22 heavy (non-hydrogen) atoms. The number of aryl methyl sites for hydroxylation is 1. The first-order valence-electron chi connectivity index (χ1n) is 7.27. The summed E-state index contributed by atoms with van der Waals surface area (Å²) >= 11 is 1.81. The second-order valence-corrected chi connectivity index (χ2v) is 6.40. The fourth-order valence-corrected chi connectivity index (χ4v) is 3.83. The van der Waals surface area contributed by atoms with Gasteiger partial charge in [-0.25, -0.2) is 4.79 Å². The highest BCUT2D eigenvalue weighted by Crippen LogP contribution is 2.37. The first kappa shape index (κ1) is 13.4. The molecule has 0 unspecified atom stereocenters. The Bertz CT molecular complexity index is 881. The SMILES string of the molecule is O=c1oc2c(cc1-c1ccccc1)CCSc1ccccc1-2. The van der Waals surface area contributed by atoms with E-state index in [0.717, 1.165) is 34.6 Å². The van der Waals surface area contributed by atoms with Crippen LogP contribution in [0.15, 0.2) is 74.8 Å². The van der Waals surface area contributed by atoms with E-state index in [1.807, 2.05) is 66.4 Å². The maximum Gasteiger partial charge on any atom is 0.344 e. The van der Waals surface area contributed by atoms with E-state index in [4.69, 9.17) is 4.42 Å². The van der Waals surface area contributed by atoms with E-state index in [0.29, 0.717) is 5.56 Å². The molecule has 1 aromatic heterocycles. The molecule has 0 saturated carbocycles. The Morgan fingerprint density at radius 1 is 0.909 bits per heavy atom. The lowest BCUT2D eigenvalue weighted by Crippen LogP contribution is -2.06. The van der Waals surface area contributed by atoms with Gasteiger partial charge in [0.2, 0.25) is 0 Å². The molecule has 4 rings (SSSR count). The summed E-state index contributed by atoms with van der Waals surface area (Å²) in [4.78, 5) is 13.6. The maximum absolute atomic E-state index is 12.4. The van der Waals surface area contributed by atoms with Gasteiger partial charge in [-0.3, -0.25) is 0 Å². The van der Waals surface area contributed by atoms with Crippen LogP contribution in [-0.2, 0) is 6.42 Å². The number of thioether (sulfide) groups is 1. The Kier molecular flexibility index (Phi) is 3.35. The van der Waals surface area contributed by atoms with Crippen LogP contribution in [-0.4, -0.2) is 5.75 Å². The van der Waals surface area contributed by atoms with E-state index >= 15 is 0 Å². The standard InChI is InChI=1S/C19H14O2S/c20-19-16(13-6-2-1-3-7-13)12-14-10-11-22-17-9-5-4-8-15(17)18(14)21-19/h1-9,12H,10-11H2. The lowest BCUT2D eigenvalue weighted by atomic mass is 10.0. The molecule has 0 N–H and O–H groups in total. The minimum Gasteiger partial charge on any atom is -0.422 e. The Labute approximate surface area is 132 Å². The summed E-state index contributed by atoms with van der Waals surface area (Å²) in [7, 11) is 0. The number of fused-ring (bicyclic) bond motifs is 3. The van der Waals surface area contributed by atoms with Crippen LogP contribution in [0.25, 0.3) is 22.5 Å². The predicted octanol–water partition coefficient (Wildman–Crippen LogP) is 4.62. The van der Waals surface area contributed by atoms with E-state index < -0.39 is 0 Å². The van der Waals surface area contributed by atoms with Gasteiger partial charge in [-0.2, -0.15) is 0 Å². The second kappa shape index (κ2) is 5.50. The number of rotatable bonds is 1. The first-order chi connectivity index (χ1) is 10.8. The van der Waals surface area contributed by atoms with Crippen LogP contribution in [0.2, 0.25) is 0 Å². The number of benzene rings is 2. The van der Waals surface area contributed by atoms with Gasteiger partial charge in [0.15, 0.2) is 0 Å². The highest BCUT2D eigenvalue weighted by molar-refractivity contribution is 7.99. The molecule has 2 aromatic carbocycles. The van der Waals surface area contributed by atoms with Crippen molar-refractivity contribution in [1.29, 1.82) is 0 Å². The average Bonchev–Trinajstić information content (AvgIpc) is 2.74. The number of hydrogen-bond donors (Lipinski definition) is 0. The third-order valence-electron chi connectivity index (χ3n) is 3.87. The molecule has 0 saturated heterocycles. The van der Waals surface area contributed by atoms with Crippen LogP contribution in [0.5, 0.6) is 0 Å². The van der Waals surface area contributed by atoms with Gasteiger partial charge in [0.05, 0.1) is 5.56 Å². The number of hydrogen-bond acceptors (Lipinski definition) is 3. The van der Waals surface area contributed by atoms with Gasteiger partial charge in [0.1, 0.15) is 5.76 Å². The molecule has 1 aliphatic rings. The largest absolute Gasteiger partial charge is 0.422 e. The van der Waals surface area contributed by atoms with Crippen LogP contribution in [0.4, 0.5) is 0 Å². The highest BCUT2D eigenvalue weighted by Gasteiger charge is 2.19. The molecule has 0 amide bonds. The summed E-state index contributed by atoms with van der Waals surface area (Å²) < 4.78 is 5.72. The average molecular weight is 306 g/mol. The van der Waals surface area contributed by atoms with Crippen LogP contribution in [0.3, 0.4) is 0 Å². The normalized spacial score (nSPS) is 13.1. The minimum atomic E-state index is -0.272. The predicted molar refractivity (Wildman–Crippen MR) is 90.3 cm³/mol. The fraction of sp³-hybridized carbons (Fsp3) is 0.105. The minimum absolute atomic E-state index is 0.272. The van der Waals surface area contributed by atoms with Crippen molar-refractivity contribution in [1.82, 2.24) is 0 Å². The monoisotopic (exact) mass is 306 g/mol. The zero-order valence-corrected chi connectivity index (χ0v) is 12.7. The molecule has 3 heteroatoms. The summed E-state index contributed by atoms with van der Waals surface area (Å²) in [6.07, 6.45) is 0.901. The molecule has 0 radical (unpaired) electrons. The van der Waals surface area contributed by atoms with Crippen LogP contribution >= 0.6 is 11.8 Å². The quantitative estimate of drug-likeness (QED) is 0.657. The van der Waals surface area contributed by atoms with Gasteiger partial charge in [-0.1, -0.05) is 48.5 Å². The van der Waals surface area contributed by atoms with E-state index in [1.54, 1.807) is 0 Å². The molecule has 0 bridgehead atoms. The zero-order chi connectivity index (χ0) is 14.9. The first-order valence-corrected chi connectivity index (χ1v) is 8.26. The topological polar surface area (TPSA) is 30.2 Å². The van der Waals surface area contributed by atoms with Gasteiger partial charge in [0, 0.05) is 16.2 Å². The Morgan fingerprint density at radius 2 is 1.68 bits per heavy atom. The third-order valence-corrected chi connectivity index (χ3v) is 4.95. The van der Waals surface area contributed by atoms with Crippen molar-refractivity contribution in [3.63, 3.8) is 0 Å². The van der Waals surface area contributed by atoms with Crippen molar-refractivity contribution >= 4 is 11.8 Å². The van der Waals surface area contributed by atoms with E-state index in [2.05, 4.69) is 6.07 Å².